The van der Waals surface area contributed by atoms with Crippen molar-refractivity contribution in [3.63, 3.8) is 0 Å². The number of benzene rings is 3. The molecule has 0 radical (unpaired) electrons. The zero-order chi connectivity index (χ0) is 27.5. The molecular weight excluding hydrogens is 510 g/mol. The van der Waals surface area contributed by atoms with Gasteiger partial charge in [0.25, 0.3) is 5.91 Å². The Bertz CT molecular complexity index is 1550. The van der Waals surface area contributed by atoms with Gasteiger partial charge < -0.3 is 20.1 Å². The number of anilines is 2. The summed E-state index contributed by atoms with van der Waals surface area (Å²) in [4.78, 5) is 18.5. The molecule has 3 aromatic carbocycles. The first kappa shape index (κ1) is 26.4. The number of methoxy groups -OCH3 is 2. The average molecular weight is 542 g/mol. The van der Waals surface area contributed by atoms with Crippen LogP contribution in [0.1, 0.15) is 35.2 Å². The normalized spacial score (nSPS) is 14.4. The molecular formula is C30H31N5O3S. The van der Waals surface area contributed by atoms with E-state index in [1.807, 2.05) is 55.5 Å². The van der Waals surface area contributed by atoms with Gasteiger partial charge in [0.2, 0.25) is 11.1 Å². The third-order valence-electron chi connectivity index (χ3n) is 6.69. The molecule has 39 heavy (non-hydrogen) atoms. The van der Waals surface area contributed by atoms with Crippen LogP contribution in [0, 0.1) is 13.8 Å². The first-order valence-electron chi connectivity index (χ1n) is 12.6. The predicted octanol–water partition coefficient (Wildman–Crippen LogP) is 6.13. The van der Waals surface area contributed by atoms with Crippen LogP contribution < -0.4 is 20.1 Å². The Balaban J connectivity index is 1.53. The zero-order valence-electron chi connectivity index (χ0n) is 22.6. The van der Waals surface area contributed by atoms with Crippen LogP contribution in [-0.2, 0) is 10.5 Å². The Labute approximate surface area is 232 Å². The summed E-state index contributed by atoms with van der Waals surface area (Å²) in [6.07, 6.45) is 0. The third kappa shape index (κ3) is 5.49. The highest BCUT2D eigenvalue weighted by Gasteiger charge is 2.35. The van der Waals surface area contributed by atoms with Gasteiger partial charge >= 0.3 is 0 Å². The number of para-hydroxylation sites is 1. The number of aromatic nitrogens is 3. The second-order valence-corrected chi connectivity index (χ2v) is 10.3. The smallest absolute Gasteiger partial charge is 0.255 e. The van der Waals surface area contributed by atoms with E-state index >= 15 is 0 Å². The van der Waals surface area contributed by atoms with Crippen molar-refractivity contribution in [1.82, 2.24) is 14.8 Å². The lowest BCUT2D eigenvalue weighted by atomic mass is 9.94. The fraction of sp³-hybridized carbons (Fsp3) is 0.233. The van der Waals surface area contributed by atoms with Gasteiger partial charge in [-0.25, -0.2) is 4.68 Å². The van der Waals surface area contributed by atoms with Crippen LogP contribution in [0.15, 0.2) is 83.2 Å². The standard InChI is InChI=1S/C30H31N5O3S/c1-18-11-12-22(19(2)15-18)17-39-30-33-29-31-20(3)26(28(36)32-23-9-7-6-8-10-23)27(35(29)34-30)21-13-14-24(37-4)25(16-21)38-5/h6-16,27H,17H2,1-5H3,(H,32,36)(H,31,33,34). The quantitative estimate of drug-likeness (QED) is 0.259. The number of thioether (sulfide) groups is 1. The van der Waals surface area contributed by atoms with Gasteiger partial charge in [0.05, 0.1) is 19.8 Å². The highest BCUT2D eigenvalue weighted by Crippen LogP contribution is 2.40. The summed E-state index contributed by atoms with van der Waals surface area (Å²) >= 11 is 1.56. The highest BCUT2D eigenvalue weighted by molar-refractivity contribution is 7.98. The molecule has 1 atom stereocenters. The molecule has 0 saturated heterocycles. The van der Waals surface area contributed by atoms with Gasteiger partial charge in [0.1, 0.15) is 6.04 Å². The van der Waals surface area contributed by atoms with E-state index in [1.165, 1.54) is 16.7 Å². The number of fused-ring (bicyclic) bond motifs is 1. The SMILES string of the molecule is COc1ccc(C2C(C(=O)Nc3ccccc3)=C(C)Nc3nc(SCc4ccc(C)cc4C)nn32)cc1OC. The van der Waals surface area contributed by atoms with Crippen LogP contribution in [0.3, 0.4) is 0 Å². The number of ether oxygens (including phenoxy) is 2. The maximum absolute atomic E-state index is 13.7. The lowest BCUT2D eigenvalue weighted by Crippen LogP contribution is -2.31. The Hall–Kier alpha value is -4.24. The molecule has 9 heteroatoms. The number of nitrogens with zero attached hydrogens (tertiary/aromatic N) is 3. The number of rotatable bonds is 8. The molecule has 1 amide bonds. The summed E-state index contributed by atoms with van der Waals surface area (Å²) in [6, 6.07) is 21.0. The van der Waals surface area contributed by atoms with Crippen molar-refractivity contribution in [2.24, 2.45) is 0 Å². The van der Waals surface area contributed by atoms with Gasteiger partial charge in [0, 0.05) is 17.1 Å². The van der Waals surface area contributed by atoms with E-state index in [0.29, 0.717) is 39.6 Å². The molecule has 8 nitrogen and oxygen atoms in total. The largest absolute Gasteiger partial charge is 0.493 e. The molecule has 200 valence electrons. The molecule has 1 aliphatic heterocycles. The topological polar surface area (TPSA) is 90.3 Å². The van der Waals surface area contributed by atoms with Crippen molar-refractivity contribution >= 4 is 29.3 Å². The van der Waals surface area contributed by atoms with Crippen molar-refractivity contribution in [3.05, 3.63) is 100 Å². The van der Waals surface area contributed by atoms with E-state index in [9.17, 15) is 4.79 Å². The molecule has 0 fully saturated rings. The van der Waals surface area contributed by atoms with Crippen molar-refractivity contribution in [2.45, 2.75) is 37.7 Å². The fourth-order valence-corrected chi connectivity index (χ4v) is 5.59. The van der Waals surface area contributed by atoms with Gasteiger partial charge in [-0.15, -0.1) is 5.10 Å². The summed E-state index contributed by atoms with van der Waals surface area (Å²) in [6.45, 7) is 6.10. The first-order valence-corrected chi connectivity index (χ1v) is 13.6. The zero-order valence-corrected chi connectivity index (χ0v) is 23.4. The van der Waals surface area contributed by atoms with Gasteiger partial charge in [-0.3, -0.25) is 4.79 Å². The second-order valence-electron chi connectivity index (χ2n) is 9.38. The van der Waals surface area contributed by atoms with Crippen molar-refractivity contribution in [1.29, 1.82) is 0 Å². The molecule has 1 aliphatic rings. The Kier molecular flexibility index (Phi) is 7.60. The molecule has 0 aliphatic carbocycles. The van der Waals surface area contributed by atoms with Crippen molar-refractivity contribution < 1.29 is 14.3 Å². The average Bonchev–Trinajstić information content (AvgIpc) is 3.34. The Morgan fingerprint density at radius 2 is 1.77 bits per heavy atom. The molecule has 1 aromatic heterocycles. The minimum absolute atomic E-state index is 0.225. The predicted molar refractivity (Wildman–Crippen MR) is 155 cm³/mol. The number of nitrogens with one attached hydrogen (secondary N) is 2. The maximum atomic E-state index is 13.7. The third-order valence-corrected chi connectivity index (χ3v) is 7.57. The molecule has 1 unspecified atom stereocenters. The molecule has 0 spiro atoms. The van der Waals surface area contributed by atoms with Gasteiger partial charge in [-0.05, 0) is 61.7 Å². The van der Waals surface area contributed by atoms with Crippen LogP contribution in [0.4, 0.5) is 11.6 Å². The number of amides is 1. The van der Waals surface area contributed by atoms with Crippen molar-refractivity contribution in [2.75, 3.05) is 24.9 Å². The van der Waals surface area contributed by atoms with Gasteiger partial charge in [-0.1, -0.05) is 59.8 Å². The summed E-state index contributed by atoms with van der Waals surface area (Å²) in [5, 5.41) is 11.8. The van der Waals surface area contributed by atoms with Crippen LogP contribution in [0.25, 0.3) is 0 Å². The lowest BCUT2D eigenvalue weighted by Gasteiger charge is -2.29. The molecule has 4 aromatic rings. The molecule has 0 bridgehead atoms. The molecule has 2 heterocycles. The number of allylic oxidation sites excluding steroid dienone is 1. The van der Waals surface area contributed by atoms with Crippen molar-refractivity contribution in [3.8, 4) is 11.5 Å². The monoisotopic (exact) mass is 541 g/mol. The van der Waals surface area contributed by atoms with E-state index in [0.717, 1.165) is 11.3 Å². The summed E-state index contributed by atoms with van der Waals surface area (Å²) in [7, 11) is 3.19. The number of carbonyl (C=O) groups excluding carboxylic acids is 1. The van der Waals surface area contributed by atoms with E-state index in [2.05, 4.69) is 42.7 Å². The van der Waals surface area contributed by atoms with Crippen LogP contribution in [0.5, 0.6) is 11.5 Å². The fourth-order valence-electron chi connectivity index (χ4n) is 4.69. The number of hydrogen-bond acceptors (Lipinski definition) is 7. The van der Waals surface area contributed by atoms with E-state index < -0.39 is 6.04 Å². The van der Waals surface area contributed by atoms with Gasteiger partial charge in [0.15, 0.2) is 11.5 Å². The second kappa shape index (κ2) is 11.2. The van der Waals surface area contributed by atoms with E-state index in [4.69, 9.17) is 19.6 Å². The summed E-state index contributed by atoms with van der Waals surface area (Å²) < 4.78 is 12.8. The van der Waals surface area contributed by atoms with Crippen LogP contribution in [0.2, 0.25) is 0 Å². The Morgan fingerprint density at radius 3 is 2.49 bits per heavy atom. The molecule has 2 N–H and O–H groups in total. The number of aryl methyl sites for hydroxylation is 2. The Morgan fingerprint density at radius 1 is 1.00 bits per heavy atom. The first-order chi connectivity index (χ1) is 18.9. The summed E-state index contributed by atoms with van der Waals surface area (Å²) in [5.41, 5.74) is 6.49. The minimum atomic E-state index is -0.535. The minimum Gasteiger partial charge on any atom is -0.493 e. The summed E-state index contributed by atoms with van der Waals surface area (Å²) in [5.74, 6) is 2.27. The maximum Gasteiger partial charge on any atom is 0.255 e. The highest BCUT2D eigenvalue weighted by atomic mass is 32.2. The van der Waals surface area contributed by atoms with Crippen LogP contribution in [-0.4, -0.2) is 34.9 Å². The number of carbonyl (C=O) groups is 1. The van der Waals surface area contributed by atoms with E-state index in [-0.39, 0.29) is 5.91 Å². The molecule has 5 rings (SSSR count). The lowest BCUT2D eigenvalue weighted by molar-refractivity contribution is -0.113. The van der Waals surface area contributed by atoms with E-state index in [1.54, 1.807) is 30.7 Å². The molecule has 0 saturated carbocycles. The van der Waals surface area contributed by atoms with Crippen LogP contribution >= 0.6 is 11.8 Å². The van der Waals surface area contributed by atoms with Gasteiger partial charge in [-0.2, -0.15) is 4.98 Å². The number of hydrogen-bond donors (Lipinski definition) is 2.